The maximum atomic E-state index is 11.0. The number of benzene rings is 2. The number of amides is 1. The Labute approximate surface area is 147 Å². The highest BCUT2D eigenvalue weighted by molar-refractivity contribution is 5.75. The Morgan fingerprint density at radius 3 is 2.56 bits per heavy atom. The number of ether oxygens (including phenoxy) is 2. The molecule has 1 amide bonds. The van der Waals surface area contributed by atoms with Crippen LogP contribution in [0.5, 0.6) is 11.5 Å². The zero-order chi connectivity index (χ0) is 18.2. The zero-order valence-corrected chi connectivity index (χ0v) is 14.4. The van der Waals surface area contributed by atoms with Gasteiger partial charge in [0.1, 0.15) is 0 Å². The molecule has 4 N–H and O–H groups in total. The van der Waals surface area contributed by atoms with Crippen LogP contribution in [0.4, 0.5) is 0 Å². The van der Waals surface area contributed by atoms with E-state index in [1.165, 1.54) is 7.11 Å². The first kappa shape index (κ1) is 18.8. The summed E-state index contributed by atoms with van der Waals surface area (Å²) in [6, 6.07) is 14.7. The monoisotopic (exact) mass is 344 g/mol. The summed E-state index contributed by atoms with van der Waals surface area (Å²) in [6.07, 6.45) is -0.637. The van der Waals surface area contributed by atoms with Gasteiger partial charge in [0.15, 0.2) is 18.1 Å². The first-order valence-electron chi connectivity index (χ1n) is 8.06. The maximum Gasteiger partial charge on any atom is 0.255 e. The molecule has 2 atom stereocenters. The van der Waals surface area contributed by atoms with Gasteiger partial charge in [-0.25, -0.2) is 0 Å². The van der Waals surface area contributed by atoms with Gasteiger partial charge in [-0.3, -0.25) is 4.79 Å². The molecule has 0 saturated carbocycles. The molecule has 25 heavy (non-hydrogen) atoms. The summed E-state index contributed by atoms with van der Waals surface area (Å²) >= 11 is 0. The van der Waals surface area contributed by atoms with Gasteiger partial charge in [-0.15, -0.1) is 0 Å². The fourth-order valence-electron chi connectivity index (χ4n) is 2.49. The molecule has 2 rings (SSSR count). The van der Waals surface area contributed by atoms with Crippen molar-refractivity contribution in [2.45, 2.75) is 25.6 Å². The van der Waals surface area contributed by atoms with E-state index in [9.17, 15) is 9.90 Å². The zero-order valence-electron chi connectivity index (χ0n) is 14.4. The average Bonchev–Trinajstić information content (AvgIpc) is 2.64. The SMILES string of the molecule is COc1cccc(CNC(C)C(O)c2ccccc2)c1OCC(N)=O. The van der Waals surface area contributed by atoms with Crippen molar-refractivity contribution < 1.29 is 19.4 Å². The van der Waals surface area contributed by atoms with Crippen molar-refractivity contribution in [3.63, 3.8) is 0 Å². The van der Waals surface area contributed by atoms with E-state index in [-0.39, 0.29) is 12.6 Å². The fourth-order valence-corrected chi connectivity index (χ4v) is 2.49. The molecule has 0 fully saturated rings. The molecule has 134 valence electrons. The molecule has 0 spiro atoms. The van der Waals surface area contributed by atoms with Gasteiger partial charge in [-0.05, 0) is 18.6 Å². The Kier molecular flexibility index (Phi) is 6.80. The minimum atomic E-state index is -0.637. The molecule has 0 aliphatic rings. The molecule has 6 heteroatoms. The van der Waals surface area contributed by atoms with Crippen molar-refractivity contribution in [3.05, 3.63) is 59.7 Å². The average molecular weight is 344 g/mol. The van der Waals surface area contributed by atoms with E-state index >= 15 is 0 Å². The smallest absolute Gasteiger partial charge is 0.255 e. The van der Waals surface area contributed by atoms with Crippen molar-refractivity contribution in [2.24, 2.45) is 5.73 Å². The van der Waals surface area contributed by atoms with E-state index in [1.807, 2.05) is 49.4 Å². The number of rotatable bonds is 9. The van der Waals surface area contributed by atoms with Crippen LogP contribution in [0.2, 0.25) is 0 Å². The van der Waals surface area contributed by atoms with Gasteiger partial charge >= 0.3 is 0 Å². The van der Waals surface area contributed by atoms with Crippen molar-refractivity contribution >= 4 is 5.91 Å². The summed E-state index contributed by atoms with van der Waals surface area (Å²) in [4.78, 5) is 11.0. The third-order valence-electron chi connectivity index (χ3n) is 3.87. The van der Waals surface area contributed by atoms with Crippen LogP contribution in [-0.2, 0) is 11.3 Å². The summed E-state index contributed by atoms with van der Waals surface area (Å²) in [5.41, 5.74) is 6.81. The predicted molar refractivity (Wildman–Crippen MR) is 95.4 cm³/mol. The first-order chi connectivity index (χ1) is 12.0. The quantitative estimate of drug-likeness (QED) is 0.645. The van der Waals surface area contributed by atoms with Gasteiger partial charge in [0.05, 0.1) is 13.2 Å². The number of nitrogens with one attached hydrogen (secondary N) is 1. The molecular weight excluding hydrogens is 320 g/mol. The number of aliphatic hydroxyl groups is 1. The standard InChI is InChI=1S/C19H24N2O4/c1-13(18(23)14-7-4-3-5-8-14)21-11-15-9-6-10-16(24-2)19(15)25-12-17(20)22/h3-10,13,18,21,23H,11-12H2,1-2H3,(H2,20,22). The number of para-hydroxylation sites is 1. The lowest BCUT2D eigenvalue weighted by atomic mass is 10.0. The number of hydrogen-bond acceptors (Lipinski definition) is 5. The summed E-state index contributed by atoms with van der Waals surface area (Å²) in [7, 11) is 1.53. The highest BCUT2D eigenvalue weighted by Gasteiger charge is 2.17. The Hall–Kier alpha value is -2.57. The van der Waals surface area contributed by atoms with Gasteiger partial charge in [0.2, 0.25) is 0 Å². The normalized spacial score (nSPS) is 13.1. The molecular formula is C19H24N2O4. The van der Waals surface area contributed by atoms with Gasteiger partial charge in [0, 0.05) is 18.2 Å². The van der Waals surface area contributed by atoms with E-state index in [0.29, 0.717) is 18.0 Å². The molecule has 2 unspecified atom stereocenters. The number of carbonyl (C=O) groups excluding carboxylic acids is 1. The van der Waals surface area contributed by atoms with Gasteiger partial charge in [-0.2, -0.15) is 0 Å². The lowest BCUT2D eigenvalue weighted by molar-refractivity contribution is -0.119. The van der Waals surface area contributed by atoms with Gasteiger partial charge in [-0.1, -0.05) is 42.5 Å². The van der Waals surface area contributed by atoms with Crippen LogP contribution in [0.15, 0.2) is 48.5 Å². The van der Waals surface area contributed by atoms with Crippen molar-refractivity contribution in [1.82, 2.24) is 5.32 Å². The molecule has 2 aromatic carbocycles. The first-order valence-corrected chi connectivity index (χ1v) is 8.06. The fraction of sp³-hybridized carbons (Fsp3) is 0.316. The van der Waals surface area contributed by atoms with Crippen molar-refractivity contribution in [2.75, 3.05) is 13.7 Å². The molecule has 0 radical (unpaired) electrons. The van der Waals surface area contributed by atoms with E-state index in [2.05, 4.69) is 5.32 Å². The molecule has 2 aromatic rings. The number of methoxy groups -OCH3 is 1. The highest BCUT2D eigenvalue weighted by Crippen LogP contribution is 2.31. The molecule has 0 heterocycles. The van der Waals surface area contributed by atoms with Crippen LogP contribution in [0.3, 0.4) is 0 Å². The molecule has 0 aliphatic heterocycles. The van der Waals surface area contributed by atoms with E-state index in [4.69, 9.17) is 15.2 Å². The lowest BCUT2D eigenvalue weighted by Gasteiger charge is -2.22. The van der Waals surface area contributed by atoms with Crippen LogP contribution >= 0.6 is 0 Å². The van der Waals surface area contributed by atoms with Crippen LogP contribution in [0.1, 0.15) is 24.2 Å². The molecule has 0 aromatic heterocycles. The second-order valence-corrected chi connectivity index (χ2v) is 5.73. The van der Waals surface area contributed by atoms with E-state index < -0.39 is 12.0 Å². The number of hydrogen-bond donors (Lipinski definition) is 3. The minimum absolute atomic E-state index is 0.183. The molecule has 0 saturated heterocycles. The van der Waals surface area contributed by atoms with Gasteiger partial charge in [0.25, 0.3) is 5.91 Å². The van der Waals surface area contributed by atoms with Crippen molar-refractivity contribution in [1.29, 1.82) is 0 Å². The van der Waals surface area contributed by atoms with Crippen LogP contribution < -0.4 is 20.5 Å². The highest BCUT2D eigenvalue weighted by atomic mass is 16.5. The Bertz CT molecular complexity index is 691. The second kappa shape index (κ2) is 9.05. The van der Waals surface area contributed by atoms with Crippen molar-refractivity contribution in [3.8, 4) is 11.5 Å². The Balaban J connectivity index is 2.07. The summed E-state index contributed by atoms with van der Waals surface area (Å²) < 4.78 is 10.8. The largest absolute Gasteiger partial charge is 0.493 e. The van der Waals surface area contributed by atoms with E-state index in [0.717, 1.165) is 11.1 Å². The molecule has 0 aliphatic carbocycles. The number of nitrogens with two attached hydrogens (primary N) is 1. The van der Waals surface area contributed by atoms with Crippen LogP contribution in [-0.4, -0.2) is 30.8 Å². The molecule has 0 bridgehead atoms. The number of carbonyl (C=O) groups is 1. The van der Waals surface area contributed by atoms with Crippen LogP contribution in [0.25, 0.3) is 0 Å². The summed E-state index contributed by atoms with van der Waals surface area (Å²) in [5.74, 6) is 0.437. The maximum absolute atomic E-state index is 11.0. The molecule has 6 nitrogen and oxygen atoms in total. The Morgan fingerprint density at radius 2 is 1.92 bits per heavy atom. The lowest BCUT2D eigenvalue weighted by Crippen LogP contribution is -2.32. The predicted octanol–water partition coefficient (Wildman–Crippen LogP) is 1.77. The summed E-state index contributed by atoms with van der Waals surface area (Å²) in [5, 5.41) is 13.7. The topological polar surface area (TPSA) is 93.8 Å². The third kappa shape index (κ3) is 5.20. The number of aliphatic hydroxyl groups excluding tert-OH is 1. The third-order valence-corrected chi connectivity index (χ3v) is 3.87. The van der Waals surface area contributed by atoms with Gasteiger partial charge < -0.3 is 25.6 Å². The number of primary amides is 1. The Morgan fingerprint density at radius 1 is 1.20 bits per heavy atom. The second-order valence-electron chi connectivity index (χ2n) is 5.73. The minimum Gasteiger partial charge on any atom is -0.493 e. The van der Waals surface area contributed by atoms with Crippen LogP contribution in [0, 0.1) is 0 Å². The van der Waals surface area contributed by atoms with E-state index in [1.54, 1.807) is 6.07 Å². The summed E-state index contributed by atoms with van der Waals surface area (Å²) in [6.45, 7) is 2.12.